The van der Waals surface area contributed by atoms with Gasteiger partial charge in [-0.2, -0.15) is 5.26 Å². The van der Waals surface area contributed by atoms with Crippen LogP contribution < -0.4 is 0 Å². The number of nitrogens with one attached hydrogen (secondary N) is 1. The minimum atomic E-state index is -0.767. The molecule has 6 nitrogen and oxygen atoms in total. The van der Waals surface area contributed by atoms with Crippen molar-refractivity contribution in [3.8, 4) is 6.07 Å². The Morgan fingerprint density at radius 1 is 1.45 bits per heavy atom. The van der Waals surface area contributed by atoms with Gasteiger partial charge in [-0.15, -0.1) is 0 Å². The average Bonchev–Trinajstić information content (AvgIpc) is 2.98. The van der Waals surface area contributed by atoms with Crippen LogP contribution >= 0.6 is 15.9 Å². The molecule has 0 aliphatic heterocycles. The first-order chi connectivity index (χ1) is 10.5. The molecule has 118 valence electrons. The molecule has 0 saturated heterocycles. The van der Waals surface area contributed by atoms with Crippen LogP contribution in [0.25, 0.3) is 0 Å². The second-order valence-corrected chi connectivity index (χ2v) is 6.38. The van der Waals surface area contributed by atoms with Crippen molar-refractivity contribution in [1.29, 1.82) is 5.26 Å². The summed E-state index contributed by atoms with van der Waals surface area (Å²) >= 11 is 3.22. The van der Waals surface area contributed by atoms with Crippen LogP contribution in [0.15, 0.2) is 16.7 Å². The second kappa shape index (κ2) is 6.97. The molecule has 0 aromatic carbocycles. The van der Waals surface area contributed by atoms with Crippen LogP contribution in [0.3, 0.4) is 0 Å². The Bertz CT molecular complexity index is 599. The lowest BCUT2D eigenvalue weighted by Gasteiger charge is -2.38. The Labute approximate surface area is 137 Å². The first kappa shape index (κ1) is 16.6. The fraction of sp³-hybridized carbons (Fsp3) is 0.533. The van der Waals surface area contributed by atoms with E-state index in [-0.39, 0.29) is 18.2 Å². The smallest absolute Gasteiger partial charge is 0.355 e. The molecule has 7 heteroatoms. The third-order valence-corrected chi connectivity index (χ3v) is 4.56. The monoisotopic (exact) mass is 367 g/mol. The summed E-state index contributed by atoms with van der Waals surface area (Å²) in [6, 6.07) is 3.85. The van der Waals surface area contributed by atoms with Crippen LogP contribution in [0, 0.1) is 11.3 Å². The number of hydrogen-bond acceptors (Lipinski definition) is 4. The summed E-state index contributed by atoms with van der Waals surface area (Å²) in [5, 5.41) is 9.46. The van der Waals surface area contributed by atoms with Crippen molar-refractivity contribution in [3.05, 3.63) is 22.4 Å². The van der Waals surface area contributed by atoms with E-state index in [1.807, 2.05) is 0 Å². The zero-order valence-electron chi connectivity index (χ0n) is 12.4. The van der Waals surface area contributed by atoms with Gasteiger partial charge >= 0.3 is 5.97 Å². The third-order valence-electron chi connectivity index (χ3n) is 4.10. The van der Waals surface area contributed by atoms with Gasteiger partial charge in [0.15, 0.2) is 6.61 Å². The quantitative estimate of drug-likeness (QED) is 0.828. The Morgan fingerprint density at radius 3 is 2.68 bits per heavy atom. The summed E-state index contributed by atoms with van der Waals surface area (Å²) in [4.78, 5) is 28.2. The summed E-state index contributed by atoms with van der Waals surface area (Å²) in [5.41, 5.74) is -0.494. The van der Waals surface area contributed by atoms with Crippen LogP contribution in [0.1, 0.15) is 42.6 Å². The molecule has 2 rings (SSSR count). The van der Waals surface area contributed by atoms with Gasteiger partial charge in [0.2, 0.25) is 0 Å². The summed E-state index contributed by atoms with van der Waals surface area (Å²) < 4.78 is 5.74. The molecule has 0 radical (unpaired) electrons. The molecule has 0 spiro atoms. The molecule has 1 aliphatic rings. The van der Waals surface area contributed by atoms with Gasteiger partial charge < -0.3 is 14.6 Å². The molecular weight excluding hydrogens is 350 g/mol. The van der Waals surface area contributed by atoms with Crippen molar-refractivity contribution in [3.63, 3.8) is 0 Å². The summed E-state index contributed by atoms with van der Waals surface area (Å²) in [6.07, 6.45) is 5.90. The molecule has 0 unspecified atom stereocenters. The molecule has 1 saturated carbocycles. The zero-order valence-corrected chi connectivity index (χ0v) is 14.0. The van der Waals surface area contributed by atoms with Gasteiger partial charge in [-0.1, -0.05) is 19.3 Å². The predicted octanol–water partition coefficient (Wildman–Crippen LogP) is 2.62. The van der Waals surface area contributed by atoms with Crippen LogP contribution in [-0.4, -0.2) is 41.0 Å². The van der Waals surface area contributed by atoms with E-state index < -0.39 is 11.5 Å². The Morgan fingerprint density at radius 2 is 2.14 bits per heavy atom. The number of rotatable bonds is 4. The highest BCUT2D eigenvalue weighted by Gasteiger charge is 2.39. The molecule has 0 bridgehead atoms. The number of amides is 1. The van der Waals surface area contributed by atoms with Crippen molar-refractivity contribution in [2.75, 3.05) is 13.7 Å². The second-order valence-electron chi connectivity index (χ2n) is 5.46. The van der Waals surface area contributed by atoms with Gasteiger partial charge in [-0.3, -0.25) is 4.79 Å². The van der Waals surface area contributed by atoms with E-state index in [2.05, 4.69) is 27.0 Å². The normalized spacial score (nSPS) is 16.6. The number of H-pyrrole nitrogens is 1. The number of halogens is 1. The molecule has 1 amide bonds. The number of nitriles is 1. The topological polar surface area (TPSA) is 86.2 Å². The SMILES string of the molecule is CN(C(=O)COC(=O)c1cc(Br)c[nH]1)C1(C#N)CCCCC1. The van der Waals surface area contributed by atoms with E-state index in [4.69, 9.17) is 4.74 Å². The van der Waals surface area contributed by atoms with Crippen molar-refractivity contribution < 1.29 is 14.3 Å². The fourth-order valence-electron chi connectivity index (χ4n) is 2.69. The van der Waals surface area contributed by atoms with Gasteiger partial charge in [0, 0.05) is 17.7 Å². The molecule has 1 aromatic rings. The fourth-order valence-corrected chi connectivity index (χ4v) is 3.03. The van der Waals surface area contributed by atoms with Crippen LogP contribution in [0.4, 0.5) is 0 Å². The molecule has 1 heterocycles. The predicted molar refractivity (Wildman–Crippen MR) is 83.0 cm³/mol. The summed E-state index contributed by atoms with van der Waals surface area (Å²) in [7, 11) is 1.61. The van der Waals surface area contributed by atoms with E-state index in [1.165, 1.54) is 4.90 Å². The van der Waals surface area contributed by atoms with Gasteiger partial charge in [0.25, 0.3) is 5.91 Å². The molecular formula is C15H18BrN3O3. The molecule has 0 atom stereocenters. The van der Waals surface area contributed by atoms with E-state index in [1.54, 1.807) is 19.3 Å². The number of ether oxygens (including phenoxy) is 1. The van der Waals surface area contributed by atoms with Crippen LogP contribution in [-0.2, 0) is 9.53 Å². The number of likely N-dealkylation sites (N-methyl/N-ethyl adjacent to an activating group) is 1. The zero-order chi connectivity index (χ0) is 16.2. The number of carbonyl (C=O) groups excluding carboxylic acids is 2. The average molecular weight is 368 g/mol. The minimum Gasteiger partial charge on any atom is -0.451 e. The first-order valence-electron chi connectivity index (χ1n) is 7.17. The van der Waals surface area contributed by atoms with Crippen molar-refractivity contribution in [1.82, 2.24) is 9.88 Å². The number of esters is 1. The van der Waals surface area contributed by atoms with Crippen LogP contribution in [0.2, 0.25) is 0 Å². The maximum atomic E-state index is 12.2. The minimum absolute atomic E-state index is 0.273. The molecule has 1 fully saturated rings. The van der Waals surface area contributed by atoms with Crippen molar-refractivity contribution in [2.24, 2.45) is 0 Å². The lowest BCUT2D eigenvalue weighted by Crippen LogP contribution is -2.51. The van der Waals surface area contributed by atoms with Crippen molar-refractivity contribution in [2.45, 2.75) is 37.6 Å². The van der Waals surface area contributed by atoms with Crippen molar-refractivity contribution >= 4 is 27.8 Å². The van der Waals surface area contributed by atoms with Gasteiger partial charge in [-0.25, -0.2) is 4.79 Å². The summed E-state index contributed by atoms with van der Waals surface area (Å²) in [5.74, 6) is -0.954. The van der Waals surface area contributed by atoms with E-state index in [9.17, 15) is 14.9 Å². The maximum Gasteiger partial charge on any atom is 0.355 e. The van der Waals surface area contributed by atoms with E-state index in [0.29, 0.717) is 12.8 Å². The number of nitrogens with zero attached hydrogens (tertiary/aromatic N) is 2. The largest absolute Gasteiger partial charge is 0.451 e. The lowest BCUT2D eigenvalue weighted by atomic mass is 9.81. The maximum absolute atomic E-state index is 12.2. The first-order valence-corrected chi connectivity index (χ1v) is 7.97. The van der Waals surface area contributed by atoms with Gasteiger partial charge in [0.1, 0.15) is 11.2 Å². The van der Waals surface area contributed by atoms with E-state index >= 15 is 0 Å². The Hall–Kier alpha value is -1.81. The number of aromatic nitrogens is 1. The number of carbonyl (C=O) groups is 2. The highest BCUT2D eigenvalue weighted by molar-refractivity contribution is 9.10. The molecule has 22 heavy (non-hydrogen) atoms. The molecule has 1 aromatic heterocycles. The Balaban J connectivity index is 1.94. The standard InChI is InChI=1S/C15H18BrN3O3/c1-19(15(10-17)5-3-2-4-6-15)13(20)9-22-14(21)12-7-11(16)8-18-12/h7-8,18H,2-6,9H2,1H3. The molecule has 1 N–H and O–H groups in total. The lowest BCUT2D eigenvalue weighted by molar-refractivity contribution is -0.138. The highest BCUT2D eigenvalue weighted by Crippen LogP contribution is 2.32. The van der Waals surface area contributed by atoms with Gasteiger partial charge in [0.05, 0.1) is 6.07 Å². The summed E-state index contributed by atoms with van der Waals surface area (Å²) in [6.45, 7) is -0.366. The third kappa shape index (κ3) is 3.50. The molecule has 1 aliphatic carbocycles. The number of hydrogen-bond donors (Lipinski definition) is 1. The van der Waals surface area contributed by atoms with Gasteiger partial charge in [-0.05, 0) is 34.8 Å². The van der Waals surface area contributed by atoms with E-state index in [0.717, 1.165) is 23.7 Å². The Kier molecular flexibility index (Phi) is 5.24. The van der Waals surface area contributed by atoms with Crippen LogP contribution in [0.5, 0.6) is 0 Å². The highest BCUT2D eigenvalue weighted by atomic mass is 79.9. The number of aromatic amines is 1.